The molecule has 0 N–H and O–H groups in total. The Balaban J connectivity index is 1.36. The number of carbonyl (C=O) groups is 1. The Morgan fingerprint density at radius 3 is 2.66 bits per heavy atom. The SMILES string of the molecule is COc1cc2c(cc1OC)C(c1cccs1)N(C(=O)CCc1nc(-c3ccc(F)cc3)no1)CC2. The molecule has 7 nitrogen and oxygen atoms in total. The number of methoxy groups -OCH3 is 2. The maximum absolute atomic E-state index is 13.4. The van der Waals surface area contributed by atoms with Crippen molar-refractivity contribution in [1.29, 1.82) is 0 Å². The Morgan fingerprint density at radius 2 is 1.94 bits per heavy atom. The molecule has 0 radical (unpaired) electrons. The van der Waals surface area contributed by atoms with Crippen molar-refractivity contribution >= 4 is 17.2 Å². The first kappa shape index (κ1) is 23.0. The number of nitrogens with zero attached hydrogens (tertiary/aromatic N) is 3. The molecule has 0 aliphatic carbocycles. The van der Waals surface area contributed by atoms with Gasteiger partial charge in [0.05, 0.1) is 20.3 Å². The lowest BCUT2D eigenvalue weighted by Crippen LogP contribution is -2.40. The maximum atomic E-state index is 13.4. The number of amides is 1. The largest absolute Gasteiger partial charge is 0.493 e. The second kappa shape index (κ2) is 9.87. The highest BCUT2D eigenvalue weighted by atomic mass is 32.1. The summed E-state index contributed by atoms with van der Waals surface area (Å²) in [5.74, 6) is 1.74. The lowest BCUT2D eigenvalue weighted by Gasteiger charge is -2.37. The van der Waals surface area contributed by atoms with Crippen molar-refractivity contribution in [2.75, 3.05) is 20.8 Å². The molecule has 3 heterocycles. The van der Waals surface area contributed by atoms with Crippen LogP contribution in [0.15, 0.2) is 58.4 Å². The lowest BCUT2D eigenvalue weighted by atomic mass is 9.90. The third kappa shape index (κ3) is 4.64. The van der Waals surface area contributed by atoms with E-state index in [1.807, 2.05) is 34.5 Å². The van der Waals surface area contributed by atoms with Crippen LogP contribution in [0.25, 0.3) is 11.4 Å². The number of benzene rings is 2. The average molecular weight is 494 g/mol. The molecular formula is C26H24FN3O4S. The summed E-state index contributed by atoms with van der Waals surface area (Å²) in [6.45, 7) is 0.592. The first-order valence-electron chi connectivity index (χ1n) is 11.2. The van der Waals surface area contributed by atoms with E-state index in [1.165, 1.54) is 12.1 Å². The molecule has 5 rings (SSSR count). The molecule has 9 heteroatoms. The van der Waals surface area contributed by atoms with Gasteiger partial charge in [0.1, 0.15) is 5.82 Å². The zero-order valence-corrected chi connectivity index (χ0v) is 20.2. The minimum atomic E-state index is -0.331. The fourth-order valence-corrected chi connectivity index (χ4v) is 5.25. The lowest BCUT2D eigenvalue weighted by molar-refractivity contribution is -0.133. The van der Waals surface area contributed by atoms with E-state index in [4.69, 9.17) is 14.0 Å². The van der Waals surface area contributed by atoms with Crippen molar-refractivity contribution in [3.63, 3.8) is 0 Å². The van der Waals surface area contributed by atoms with Gasteiger partial charge in [0, 0.05) is 29.8 Å². The highest BCUT2D eigenvalue weighted by Gasteiger charge is 2.34. The molecule has 0 spiro atoms. The van der Waals surface area contributed by atoms with Crippen LogP contribution in [0.2, 0.25) is 0 Å². The van der Waals surface area contributed by atoms with Crippen molar-refractivity contribution in [3.8, 4) is 22.9 Å². The molecule has 0 bridgehead atoms. The number of thiophene rings is 1. The fourth-order valence-electron chi connectivity index (χ4n) is 4.40. The first-order chi connectivity index (χ1) is 17.1. The van der Waals surface area contributed by atoms with E-state index in [1.54, 1.807) is 37.7 Å². The summed E-state index contributed by atoms with van der Waals surface area (Å²) in [7, 11) is 3.24. The van der Waals surface area contributed by atoms with Gasteiger partial charge in [-0.2, -0.15) is 4.98 Å². The summed E-state index contributed by atoms with van der Waals surface area (Å²) in [6.07, 6.45) is 1.27. The number of hydrogen-bond donors (Lipinski definition) is 0. The molecule has 0 saturated carbocycles. The predicted molar refractivity (Wildman–Crippen MR) is 129 cm³/mol. The summed E-state index contributed by atoms with van der Waals surface area (Å²) >= 11 is 1.62. The Labute approximate surface area is 206 Å². The molecular weight excluding hydrogens is 469 g/mol. The summed E-state index contributed by atoms with van der Waals surface area (Å²) in [5.41, 5.74) is 2.84. The van der Waals surface area contributed by atoms with Crippen LogP contribution in [0.3, 0.4) is 0 Å². The van der Waals surface area contributed by atoms with Gasteiger partial charge >= 0.3 is 0 Å². The summed E-state index contributed by atoms with van der Waals surface area (Å²) in [6, 6.07) is 13.7. The molecule has 1 aliphatic rings. The van der Waals surface area contributed by atoms with Gasteiger partial charge in [-0.15, -0.1) is 11.3 Å². The van der Waals surface area contributed by atoms with Gasteiger partial charge < -0.3 is 18.9 Å². The number of aryl methyl sites for hydroxylation is 1. The summed E-state index contributed by atoms with van der Waals surface area (Å²) in [4.78, 5) is 20.8. The monoisotopic (exact) mass is 493 g/mol. The van der Waals surface area contributed by atoms with Gasteiger partial charge in [-0.05, 0) is 65.4 Å². The number of halogens is 1. The van der Waals surface area contributed by atoms with E-state index in [0.29, 0.717) is 41.7 Å². The topological polar surface area (TPSA) is 77.7 Å². The van der Waals surface area contributed by atoms with E-state index < -0.39 is 0 Å². The minimum Gasteiger partial charge on any atom is -0.493 e. The van der Waals surface area contributed by atoms with Gasteiger partial charge in [0.2, 0.25) is 17.6 Å². The molecule has 35 heavy (non-hydrogen) atoms. The molecule has 0 saturated heterocycles. The Bertz CT molecular complexity index is 1320. The average Bonchev–Trinajstić information content (AvgIpc) is 3.59. The number of fused-ring (bicyclic) bond motifs is 1. The zero-order valence-electron chi connectivity index (χ0n) is 19.4. The van der Waals surface area contributed by atoms with Gasteiger partial charge in [0.15, 0.2) is 11.5 Å². The number of aromatic nitrogens is 2. The van der Waals surface area contributed by atoms with E-state index >= 15 is 0 Å². The smallest absolute Gasteiger partial charge is 0.227 e. The molecule has 1 aliphatic heterocycles. The second-order valence-corrected chi connectivity index (χ2v) is 9.16. The highest BCUT2D eigenvalue weighted by Crippen LogP contribution is 2.42. The van der Waals surface area contributed by atoms with Crippen LogP contribution in [0.1, 0.15) is 34.4 Å². The normalized spacial score (nSPS) is 15.1. The summed E-state index contributed by atoms with van der Waals surface area (Å²) < 4.78 is 29.6. The van der Waals surface area contributed by atoms with Gasteiger partial charge in [-0.25, -0.2) is 4.39 Å². The summed E-state index contributed by atoms with van der Waals surface area (Å²) in [5, 5.41) is 5.99. The third-order valence-corrected chi connectivity index (χ3v) is 7.05. The number of rotatable bonds is 7. The quantitative estimate of drug-likeness (QED) is 0.358. The number of ether oxygens (including phenoxy) is 2. The van der Waals surface area contributed by atoms with Gasteiger partial charge in [-0.3, -0.25) is 4.79 Å². The fraction of sp³-hybridized carbons (Fsp3) is 0.269. The second-order valence-electron chi connectivity index (χ2n) is 8.18. The molecule has 1 unspecified atom stereocenters. The number of carbonyl (C=O) groups excluding carboxylic acids is 1. The van der Waals surface area contributed by atoms with Crippen LogP contribution in [0.4, 0.5) is 4.39 Å². The Hall–Kier alpha value is -3.72. The maximum Gasteiger partial charge on any atom is 0.227 e. The van der Waals surface area contributed by atoms with Crippen LogP contribution in [-0.2, 0) is 17.6 Å². The van der Waals surface area contributed by atoms with Gasteiger partial charge in [0.25, 0.3) is 0 Å². The van der Waals surface area contributed by atoms with Crippen molar-refractivity contribution in [3.05, 3.63) is 81.6 Å². The molecule has 0 fully saturated rings. The molecule has 180 valence electrons. The van der Waals surface area contributed by atoms with Crippen molar-refractivity contribution < 1.29 is 23.2 Å². The predicted octanol–water partition coefficient (Wildman–Crippen LogP) is 5.06. The standard InChI is InChI=1S/C26H24FN3O4S/c1-32-20-14-17-11-12-30(25(22-4-3-13-35-22)19(17)15-21(20)33-2)24(31)10-9-23-28-26(29-34-23)16-5-7-18(27)8-6-16/h3-8,13-15,25H,9-12H2,1-2H3. The molecule has 2 aromatic carbocycles. The first-order valence-corrected chi connectivity index (χ1v) is 12.1. The van der Waals surface area contributed by atoms with Crippen molar-refractivity contribution in [2.45, 2.75) is 25.3 Å². The van der Waals surface area contributed by atoms with Crippen LogP contribution in [0.5, 0.6) is 11.5 Å². The van der Waals surface area contributed by atoms with Gasteiger partial charge in [-0.1, -0.05) is 11.2 Å². The van der Waals surface area contributed by atoms with Crippen LogP contribution < -0.4 is 9.47 Å². The molecule has 1 atom stereocenters. The molecule has 4 aromatic rings. The van der Waals surface area contributed by atoms with Crippen LogP contribution >= 0.6 is 11.3 Å². The van der Waals surface area contributed by atoms with Crippen molar-refractivity contribution in [1.82, 2.24) is 15.0 Å². The Morgan fingerprint density at radius 1 is 1.17 bits per heavy atom. The highest BCUT2D eigenvalue weighted by molar-refractivity contribution is 7.10. The van der Waals surface area contributed by atoms with Crippen LogP contribution in [-0.4, -0.2) is 41.7 Å². The van der Waals surface area contributed by atoms with Crippen LogP contribution in [0, 0.1) is 5.82 Å². The zero-order chi connectivity index (χ0) is 24.4. The van der Waals surface area contributed by atoms with E-state index in [2.05, 4.69) is 10.1 Å². The van der Waals surface area contributed by atoms with E-state index in [9.17, 15) is 9.18 Å². The van der Waals surface area contributed by atoms with E-state index in [-0.39, 0.29) is 24.2 Å². The minimum absolute atomic E-state index is 0.00497. The van der Waals surface area contributed by atoms with Crippen molar-refractivity contribution in [2.24, 2.45) is 0 Å². The third-order valence-electron chi connectivity index (χ3n) is 6.13. The Kier molecular flexibility index (Phi) is 6.50. The molecule has 2 aromatic heterocycles. The number of hydrogen-bond acceptors (Lipinski definition) is 7. The van der Waals surface area contributed by atoms with E-state index in [0.717, 1.165) is 22.4 Å². The molecule has 1 amide bonds.